The van der Waals surface area contributed by atoms with Gasteiger partial charge in [-0.2, -0.15) is 15.1 Å². The molecular formula is C15H14N6OS2. The normalized spacial score (nSPS) is 21.9. The summed E-state index contributed by atoms with van der Waals surface area (Å²) in [6.07, 6.45) is 1.40. The van der Waals surface area contributed by atoms with Gasteiger partial charge >= 0.3 is 0 Å². The fraction of sp³-hybridized carbons (Fsp3) is 0.200. The van der Waals surface area contributed by atoms with Crippen molar-refractivity contribution in [1.82, 2.24) is 20.1 Å². The van der Waals surface area contributed by atoms with Crippen molar-refractivity contribution >= 4 is 46.2 Å². The number of nitrogens with zero attached hydrogens (tertiary/aromatic N) is 5. The number of aromatic nitrogens is 3. The molecule has 2 aliphatic heterocycles. The van der Waals surface area contributed by atoms with Crippen LogP contribution in [0.2, 0.25) is 0 Å². The van der Waals surface area contributed by atoms with E-state index in [0.29, 0.717) is 22.6 Å². The number of hydrogen-bond donors (Lipinski definition) is 1. The summed E-state index contributed by atoms with van der Waals surface area (Å²) in [5, 5.41) is 8.04. The van der Waals surface area contributed by atoms with E-state index in [1.54, 1.807) is 16.7 Å². The van der Waals surface area contributed by atoms with E-state index in [2.05, 4.69) is 37.2 Å². The van der Waals surface area contributed by atoms with Crippen molar-refractivity contribution in [3.8, 4) is 0 Å². The minimum absolute atomic E-state index is 0.0251. The number of carbonyl (C=O) groups is 1. The Morgan fingerprint density at radius 1 is 1.29 bits per heavy atom. The van der Waals surface area contributed by atoms with Crippen LogP contribution in [0.1, 0.15) is 6.92 Å². The van der Waals surface area contributed by atoms with Crippen molar-refractivity contribution in [2.45, 2.75) is 11.8 Å². The van der Waals surface area contributed by atoms with Gasteiger partial charge < -0.3 is 4.90 Å². The first-order chi connectivity index (χ1) is 11.7. The van der Waals surface area contributed by atoms with Crippen LogP contribution in [0.25, 0.3) is 0 Å². The van der Waals surface area contributed by atoms with Crippen LogP contribution in [0.5, 0.6) is 0 Å². The molecule has 7 nitrogen and oxygen atoms in total. The molecule has 1 N–H and O–H groups in total. The van der Waals surface area contributed by atoms with E-state index in [4.69, 9.17) is 0 Å². The van der Waals surface area contributed by atoms with Gasteiger partial charge in [-0.25, -0.2) is 5.10 Å². The van der Waals surface area contributed by atoms with Crippen molar-refractivity contribution in [2.75, 3.05) is 18.5 Å². The lowest BCUT2D eigenvalue weighted by atomic mass is 10.3. The van der Waals surface area contributed by atoms with Gasteiger partial charge in [0.1, 0.15) is 11.2 Å². The highest BCUT2D eigenvalue weighted by Crippen LogP contribution is 2.49. The van der Waals surface area contributed by atoms with Crippen molar-refractivity contribution in [1.29, 1.82) is 0 Å². The number of anilines is 1. The Morgan fingerprint density at radius 2 is 2.12 bits per heavy atom. The Balaban J connectivity index is 1.74. The largest absolute Gasteiger partial charge is 0.337 e. The van der Waals surface area contributed by atoms with E-state index < -0.39 is 0 Å². The van der Waals surface area contributed by atoms with Gasteiger partial charge in [0.05, 0.1) is 10.7 Å². The lowest BCUT2D eigenvalue weighted by Gasteiger charge is -2.15. The number of H-pyrrole nitrogens is 1. The maximum absolute atomic E-state index is 12.8. The first kappa shape index (κ1) is 15.3. The predicted molar refractivity (Wildman–Crippen MR) is 96.2 cm³/mol. The molecule has 1 amide bonds. The number of fused-ring (bicyclic) bond motifs is 1. The molecule has 1 saturated heterocycles. The van der Waals surface area contributed by atoms with Crippen molar-refractivity contribution < 1.29 is 4.79 Å². The second-order valence-electron chi connectivity index (χ2n) is 5.12. The quantitative estimate of drug-likeness (QED) is 0.832. The summed E-state index contributed by atoms with van der Waals surface area (Å²) >= 11 is 2.99. The first-order valence-electron chi connectivity index (χ1n) is 7.37. The Morgan fingerprint density at radius 3 is 2.83 bits per heavy atom. The van der Waals surface area contributed by atoms with E-state index >= 15 is 0 Å². The van der Waals surface area contributed by atoms with Gasteiger partial charge in [-0.15, -0.1) is 0 Å². The highest BCUT2D eigenvalue weighted by atomic mass is 32.2. The molecule has 0 saturated carbocycles. The molecule has 3 heterocycles. The summed E-state index contributed by atoms with van der Waals surface area (Å²) in [6, 6.07) is 8.13. The Kier molecular flexibility index (Phi) is 3.81. The van der Waals surface area contributed by atoms with E-state index in [1.165, 1.54) is 18.1 Å². The average Bonchev–Trinajstić information content (AvgIpc) is 3.28. The van der Waals surface area contributed by atoms with Crippen molar-refractivity contribution in [3.05, 3.63) is 40.5 Å². The molecule has 24 heavy (non-hydrogen) atoms. The lowest BCUT2D eigenvalue weighted by Crippen LogP contribution is -2.29. The third-order valence-electron chi connectivity index (χ3n) is 3.72. The average molecular weight is 358 g/mol. The maximum Gasteiger partial charge on any atom is 0.269 e. The lowest BCUT2D eigenvalue weighted by molar-refractivity contribution is -0.122. The molecule has 0 atom stereocenters. The molecule has 9 heteroatoms. The van der Waals surface area contributed by atoms with Crippen LogP contribution < -0.4 is 4.90 Å². The molecule has 0 spiro atoms. The fourth-order valence-corrected chi connectivity index (χ4v) is 4.93. The van der Waals surface area contributed by atoms with Gasteiger partial charge in [-0.05, 0) is 30.8 Å². The molecule has 4 rings (SSSR count). The molecule has 0 radical (unpaired) electrons. The van der Waals surface area contributed by atoms with E-state index in [9.17, 15) is 4.79 Å². The number of nitrogens with one attached hydrogen (secondary N) is 1. The van der Waals surface area contributed by atoms with Crippen LogP contribution in [-0.2, 0) is 4.79 Å². The second-order valence-corrected chi connectivity index (χ2v) is 7.13. The van der Waals surface area contributed by atoms with Crippen LogP contribution in [0.3, 0.4) is 0 Å². The summed E-state index contributed by atoms with van der Waals surface area (Å²) in [5.41, 5.74) is 1.11. The van der Waals surface area contributed by atoms with Gasteiger partial charge in [0.25, 0.3) is 5.91 Å². The second kappa shape index (κ2) is 5.99. The predicted octanol–water partition coefficient (Wildman–Crippen LogP) is 2.80. The molecule has 1 aromatic heterocycles. The number of amides is 1. The van der Waals surface area contributed by atoms with Gasteiger partial charge in [0.15, 0.2) is 5.17 Å². The molecule has 2 aromatic rings. The highest BCUT2D eigenvalue weighted by Gasteiger charge is 2.38. The number of rotatable bonds is 2. The number of aromatic amines is 1. The Labute approximate surface area is 147 Å². The summed E-state index contributed by atoms with van der Waals surface area (Å²) in [5.74, 6) is 0.369. The van der Waals surface area contributed by atoms with Crippen molar-refractivity contribution in [2.24, 2.45) is 4.99 Å². The molecular weight excluding hydrogens is 344 g/mol. The maximum atomic E-state index is 12.8. The number of aliphatic imine (C=N–C) groups is 1. The van der Waals surface area contributed by atoms with Crippen LogP contribution in [0.4, 0.5) is 11.6 Å². The number of carbonyl (C=O) groups excluding carboxylic acids is 1. The minimum atomic E-state index is -0.0251. The van der Waals surface area contributed by atoms with Gasteiger partial charge in [-0.3, -0.25) is 9.69 Å². The number of hydrogen-bond acceptors (Lipinski definition) is 7. The SMILES string of the molecule is CCN1C(=O)/C(=C2/Sc3ccccc3N2C)S/C1=N\c1ncn[nH]1. The zero-order chi connectivity index (χ0) is 16.7. The van der Waals surface area contributed by atoms with Gasteiger partial charge in [0, 0.05) is 18.5 Å². The van der Waals surface area contributed by atoms with Gasteiger partial charge in [-0.1, -0.05) is 23.9 Å². The highest BCUT2D eigenvalue weighted by molar-refractivity contribution is 8.19. The number of thioether (sulfide) groups is 2. The van der Waals surface area contributed by atoms with Gasteiger partial charge in [0.2, 0.25) is 5.95 Å². The molecule has 0 unspecified atom stereocenters. The molecule has 1 fully saturated rings. The number of benzene rings is 1. The Bertz CT molecular complexity index is 861. The monoisotopic (exact) mass is 358 g/mol. The van der Waals surface area contributed by atoms with E-state index in [-0.39, 0.29) is 5.91 Å². The smallest absolute Gasteiger partial charge is 0.269 e. The van der Waals surface area contributed by atoms with Crippen LogP contribution in [0.15, 0.2) is 50.4 Å². The third kappa shape index (κ3) is 2.40. The minimum Gasteiger partial charge on any atom is -0.337 e. The Hall–Kier alpha value is -2.26. The summed E-state index contributed by atoms with van der Waals surface area (Å²) < 4.78 is 0. The molecule has 2 aliphatic rings. The molecule has 0 aliphatic carbocycles. The summed E-state index contributed by atoms with van der Waals surface area (Å²) in [4.78, 5) is 26.8. The van der Waals surface area contributed by atoms with Crippen LogP contribution in [0, 0.1) is 0 Å². The van der Waals surface area contributed by atoms with Crippen LogP contribution in [-0.4, -0.2) is 44.7 Å². The van der Waals surface area contributed by atoms with Crippen molar-refractivity contribution in [3.63, 3.8) is 0 Å². The summed E-state index contributed by atoms with van der Waals surface area (Å²) in [7, 11) is 1.98. The topological polar surface area (TPSA) is 77.5 Å². The zero-order valence-corrected chi connectivity index (χ0v) is 14.7. The molecule has 0 bridgehead atoms. The molecule has 1 aromatic carbocycles. The number of para-hydroxylation sites is 1. The zero-order valence-electron chi connectivity index (χ0n) is 13.1. The number of likely N-dealkylation sites (N-methyl/N-ethyl adjacent to an activating group) is 1. The fourth-order valence-electron chi connectivity index (χ4n) is 2.54. The molecule has 122 valence electrons. The van der Waals surface area contributed by atoms with Crippen LogP contribution >= 0.6 is 23.5 Å². The van der Waals surface area contributed by atoms with E-state index in [0.717, 1.165) is 15.6 Å². The number of amidine groups is 1. The third-order valence-corrected chi connectivity index (χ3v) is 6.15. The van der Waals surface area contributed by atoms with E-state index in [1.807, 2.05) is 26.1 Å². The summed E-state index contributed by atoms with van der Waals surface area (Å²) in [6.45, 7) is 2.49. The first-order valence-corrected chi connectivity index (χ1v) is 9.01. The standard InChI is InChI=1S/C15H14N6OS2/c1-3-21-12(22)11(24-15(21)18-14-16-8-17-19-14)13-20(2)9-6-4-5-7-10(9)23-13/h4-8H,3H2,1-2H3,(H,16,17,19)/b13-11-,18-15-.